The van der Waals surface area contributed by atoms with Gasteiger partial charge in [0.25, 0.3) is 0 Å². The molecular formula is C44H61N5O7S. The third-order valence-electron chi connectivity index (χ3n) is 9.53. The Kier molecular flexibility index (Phi) is 22.7. The molecule has 1 saturated carbocycles. The van der Waals surface area contributed by atoms with Crippen molar-refractivity contribution in [3.63, 3.8) is 0 Å². The van der Waals surface area contributed by atoms with Gasteiger partial charge < -0.3 is 34.1 Å². The van der Waals surface area contributed by atoms with Gasteiger partial charge in [-0.1, -0.05) is 50.3 Å². The Bertz CT molecular complexity index is 1710. The minimum absolute atomic E-state index is 0.0312. The van der Waals surface area contributed by atoms with Gasteiger partial charge in [0.15, 0.2) is 0 Å². The lowest BCUT2D eigenvalue weighted by Gasteiger charge is -2.22. The number of likely N-dealkylation sites (tertiary alicyclic amines) is 1. The summed E-state index contributed by atoms with van der Waals surface area (Å²) < 4.78 is 18.7. The molecular weight excluding hydrogens is 743 g/mol. The maximum atomic E-state index is 11.6. The first-order valence-corrected chi connectivity index (χ1v) is 20.1. The molecule has 310 valence electrons. The summed E-state index contributed by atoms with van der Waals surface area (Å²) in [5.41, 5.74) is 2.82. The second kappa shape index (κ2) is 26.9. The van der Waals surface area contributed by atoms with Gasteiger partial charge in [0.05, 0.1) is 38.6 Å². The average Bonchev–Trinajstić information content (AvgIpc) is 3.97. The van der Waals surface area contributed by atoms with Crippen LogP contribution in [-0.4, -0.2) is 111 Å². The Labute approximate surface area is 343 Å². The summed E-state index contributed by atoms with van der Waals surface area (Å²) in [5.74, 6) is 1.79. The molecule has 1 aliphatic carbocycles. The fraction of sp³-hybridized carbons (Fsp3) is 0.477. The van der Waals surface area contributed by atoms with Gasteiger partial charge >= 0.3 is 0 Å². The molecule has 57 heavy (non-hydrogen) atoms. The van der Waals surface area contributed by atoms with E-state index in [4.69, 9.17) is 19.2 Å². The number of methoxy groups -OCH3 is 2. The number of benzene rings is 2. The standard InChI is InChI=1S/C17H15NO2.C10H16N2O3.C10H17NOS.C5H11NO.C2H2/c1-19-13-8-9-14-16(10-13)18-15(11-17(14)20-2)12-6-4-3-5-7-12;1-11-10(15)8-4-2-6-12(8)9(14)5-3-7-13;1-4-7(2)8(3)10(12)11-13-9-5-6-9;1-6-2-4-7-5-3-6;1-2/h3-11H,1-2H3;7-8H,2-6H2,1H3,(H,11,15);4,7-9H,1,5-6H2,2-3H3,(H,11,12);2-5H2,1H3;1-2H/t;8-;;;/m.0.../s1. The first kappa shape index (κ1) is 48.2. The monoisotopic (exact) mass is 803 g/mol. The summed E-state index contributed by atoms with van der Waals surface area (Å²) >= 11 is 1.57. The maximum Gasteiger partial charge on any atom is 0.242 e. The second-order valence-electron chi connectivity index (χ2n) is 13.6. The number of rotatable bonds is 12. The number of fused-ring (bicyclic) bond motifs is 1. The van der Waals surface area contributed by atoms with Gasteiger partial charge in [-0.2, -0.15) is 0 Å². The zero-order valence-electron chi connectivity index (χ0n) is 34.4. The zero-order valence-corrected chi connectivity index (χ0v) is 35.2. The van der Waals surface area contributed by atoms with Crippen LogP contribution in [0.3, 0.4) is 0 Å². The summed E-state index contributed by atoms with van der Waals surface area (Å²) in [7, 11) is 7.00. The predicted molar refractivity (Wildman–Crippen MR) is 230 cm³/mol. The average molecular weight is 804 g/mol. The van der Waals surface area contributed by atoms with Crippen molar-refractivity contribution in [3.05, 3.63) is 67.3 Å². The number of nitrogens with zero attached hydrogens (tertiary/aromatic N) is 3. The van der Waals surface area contributed by atoms with Crippen molar-refractivity contribution < 1.29 is 33.4 Å². The van der Waals surface area contributed by atoms with Gasteiger partial charge in [-0.05, 0) is 62.7 Å². The lowest BCUT2D eigenvalue weighted by molar-refractivity contribution is -0.138. The van der Waals surface area contributed by atoms with Crippen molar-refractivity contribution in [1.29, 1.82) is 0 Å². The minimum Gasteiger partial charge on any atom is -0.497 e. The van der Waals surface area contributed by atoms with Crippen molar-refractivity contribution in [3.8, 4) is 35.6 Å². The number of pyridine rings is 1. The van der Waals surface area contributed by atoms with Crippen molar-refractivity contribution in [2.75, 3.05) is 61.2 Å². The Hall–Kier alpha value is -4.90. The molecule has 3 heterocycles. The number of hydrogen-bond donors (Lipinski definition) is 2. The lowest BCUT2D eigenvalue weighted by Crippen LogP contribution is -2.44. The molecule has 0 bridgehead atoms. The van der Waals surface area contributed by atoms with Gasteiger partial charge in [-0.15, -0.1) is 19.4 Å². The van der Waals surface area contributed by atoms with Gasteiger partial charge in [-0.25, -0.2) is 4.98 Å². The fourth-order valence-corrected chi connectivity index (χ4v) is 6.42. The van der Waals surface area contributed by atoms with Crippen molar-refractivity contribution in [2.24, 2.45) is 11.8 Å². The summed E-state index contributed by atoms with van der Waals surface area (Å²) in [4.78, 5) is 53.2. The number of aromatic nitrogens is 1. The Morgan fingerprint density at radius 3 is 2.25 bits per heavy atom. The van der Waals surface area contributed by atoms with Crippen LogP contribution in [0, 0.1) is 24.7 Å². The molecule has 1 aromatic heterocycles. The lowest BCUT2D eigenvalue weighted by atomic mass is 9.96. The van der Waals surface area contributed by atoms with Crippen molar-refractivity contribution >= 4 is 46.9 Å². The fourth-order valence-electron chi connectivity index (χ4n) is 5.58. The van der Waals surface area contributed by atoms with E-state index in [9.17, 15) is 19.2 Å². The molecule has 3 amide bonds. The largest absolute Gasteiger partial charge is 0.497 e. The van der Waals surface area contributed by atoms with E-state index in [0.29, 0.717) is 18.2 Å². The Morgan fingerprint density at radius 2 is 1.70 bits per heavy atom. The number of hydrogen-bond acceptors (Lipinski definition) is 10. The zero-order chi connectivity index (χ0) is 42.2. The van der Waals surface area contributed by atoms with Gasteiger partial charge in [0, 0.05) is 73.8 Å². The van der Waals surface area contributed by atoms with Gasteiger partial charge in [0.1, 0.15) is 23.8 Å². The molecule has 3 atom stereocenters. The van der Waals surface area contributed by atoms with Crippen LogP contribution in [0.15, 0.2) is 67.3 Å². The summed E-state index contributed by atoms with van der Waals surface area (Å²) in [5, 5.41) is 4.20. The molecule has 2 aromatic carbocycles. The highest BCUT2D eigenvalue weighted by Crippen LogP contribution is 2.33. The van der Waals surface area contributed by atoms with Crippen LogP contribution >= 0.6 is 11.9 Å². The van der Waals surface area contributed by atoms with Crippen LogP contribution in [0.4, 0.5) is 0 Å². The molecule has 3 fully saturated rings. The number of likely N-dealkylation sites (N-methyl/N-ethyl adjacent to an activating group) is 2. The van der Waals surface area contributed by atoms with E-state index in [1.807, 2.05) is 74.5 Å². The van der Waals surface area contributed by atoms with Crippen LogP contribution in [-0.2, 0) is 23.9 Å². The van der Waals surface area contributed by atoms with E-state index in [0.717, 1.165) is 72.7 Å². The summed E-state index contributed by atoms with van der Waals surface area (Å²) in [6.07, 6.45) is 15.0. The highest BCUT2D eigenvalue weighted by Gasteiger charge is 2.33. The molecule has 3 aliphatic rings. The van der Waals surface area contributed by atoms with Crippen molar-refractivity contribution in [1.82, 2.24) is 24.8 Å². The number of terminal acetylenes is 1. The third kappa shape index (κ3) is 16.6. The highest BCUT2D eigenvalue weighted by molar-refractivity contribution is 7.98. The van der Waals surface area contributed by atoms with E-state index in [2.05, 4.69) is 41.4 Å². The summed E-state index contributed by atoms with van der Waals surface area (Å²) in [6, 6.07) is 17.5. The quantitative estimate of drug-likeness (QED) is 0.0944. The molecule has 2 N–H and O–H groups in total. The molecule has 12 nitrogen and oxygen atoms in total. The van der Waals surface area contributed by atoms with Crippen LogP contribution in [0.2, 0.25) is 0 Å². The molecule has 2 unspecified atom stereocenters. The van der Waals surface area contributed by atoms with E-state index < -0.39 is 0 Å². The maximum absolute atomic E-state index is 11.6. The topological polar surface area (TPSA) is 139 Å². The Morgan fingerprint density at radius 1 is 1.02 bits per heavy atom. The number of carbonyl (C=O) groups is 4. The number of ether oxygens (including phenoxy) is 3. The minimum atomic E-state index is -0.339. The first-order valence-electron chi connectivity index (χ1n) is 19.3. The van der Waals surface area contributed by atoms with Crippen LogP contribution in [0.1, 0.15) is 52.4 Å². The molecule has 0 radical (unpaired) electrons. The number of morpholine rings is 1. The number of carbonyl (C=O) groups excluding carboxylic acids is 4. The molecule has 2 aliphatic heterocycles. The van der Waals surface area contributed by atoms with E-state index >= 15 is 0 Å². The van der Waals surface area contributed by atoms with Gasteiger partial charge in [0.2, 0.25) is 17.7 Å². The Balaban J connectivity index is 0.000000272. The third-order valence-corrected chi connectivity index (χ3v) is 10.6. The predicted octanol–water partition coefficient (Wildman–Crippen LogP) is 6.19. The normalized spacial score (nSPS) is 16.8. The van der Waals surface area contributed by atoms with Gasteiger partial charge in [-0.3, -0.25) is 19.1 Å². The molecule has 2 saturated heterocycles. The van der Waals surface area contributed by atoms with Crippen LogP contribution in [0.25, 0.3) is 22.2 Å². The SMILES string of the molecule is C#C.C=CC(C)C(C)C(=O)NSC1CC1.CN1CCOCC1.CNC(=O)[C@@H]1CCCN1C(=O)CCC=O.COc1ccc2c(OC)cc(-c3ccccc3)nc2c1. The van der Waals surface area contributed by atoms with E-state index in [-0.39, 0.29) is 48.4 Å². The van der Waals surface area contributed by atoms with E-state index in [1.165, 1.54) is 12.8 Å². The summed E-state index contributed by atoms with van der Waals surface area (Å²) in [6.45, 7) is 12.3. The number of amides is 3. The van der Waals surface area contributed by atoms with Crippen LogP contribution in [0.5, 0.6) is 11.5 Å². The number of aldehydes is 1. The van der Waals surface area contributed by atoms with Crippen molar-refractivity contribution in [2.45, 2.75) is 63.7 Å². The first-order chi connectivity index (χ1) is 27.6. The molecule has 13 heteroatoms. The number of nitrogens with one attached hydrogen (secondary N) is 2. The molecule has 0 spiro atoms. The van der Waals surface area contributed by atoms with Crippen LogP contribution < -0.4 is 19.5 Å². The highest BCUT2D eigenvalue weighted by atomic mass is 32.2. The van der Waals surface area contributed by atoms with E-state index in [1.54, 1.807) is 38.1 Å². The number of allylic oxidation sites excluding steroid dienone is 1. The molecule has 3 aromatic rings. The second-order valence-corrected chi connectivity index (χ2v) is 14.7. The molecule has 6 rings (SSSR count). The smallest absolute Gasteiger partial charge is 0.242 e.